The molecule has 40 heavy (non-hydrogen) atoms. The van der Waals surface area contributed by atoms with Crippen molar-refractivity contribution < 1.29 is 28.4 Å². The number of rotatable bonds is 7. The third-order valence-electron chi connectivity index (χ3n) is 9.51. The lowest BCUT2D eigenvalue weighted by Crippen LogP contribution is -2.47. The molecule has 2 heterocycles. The van der Waals surface area contributed by atoms with Crippen molar-refractivity contribution in [1.29, 1.82) is 0 Å². The Bertz CT molecular complexity index is 1340. The van der Waals surface area contributed by atoms with Crippen molar-refractivity contribution in [1.82, 2.24) is 9.80 Å². The van der Waals surface area contributed by atoms with Gasteiger partial charge in [0.05, 0.1) is 11.2 Å². The van der Waals surface area contributed by atoms with Gasteiger partial charge >= 0.3 is 13.2 Å². The van der Waals surface area contributed by atoms with Gasteiger partial charge in [-0.05, 0) is 76.4 Å². The summed E-state index contributed by atoms with van der Waals surface area (Å²) in [5, 5.41) is 0. The second-order valence-electron chi connectivity index (χ2n) is 12.7. The quantitative estimate of drug-likeness (QED) is 0.492. The molecule has 4 aliphatic rings. The maximum Gasteiger partial charge on any atom is 0.494 e. The second-order valence-corrected chi connectivity index (χ2v) is 12.7. The zero-order chi connectivity index (χ0) is 28.4. The number of hydrogen-bond donors (Lipinski definition) is 0. The molecule has 9 heteroatoms. The van der Waals surface area contributed by atoms with Gasteiger partial charge in [0.2, 0.25) is 11.5 Å². The fraction of sp³-hybridized carbons (Fsp3) is 0.516. The molecule has 2 atom stereocenters. The minimum absolute atomic E-state index is 0.0241. The van der Waals surface area contributed by atoms with Crippen molar-refractivity contribution in [2.75, 3.05) is 6.54 Å². The number of amides is 3. The largest absolute Gasteiger partial charge is 0.494 e. The Morgan fingerprint density at radius 2 is 1.73 bits per heavy atom. The molecular weight excluding hydrogens is 507 g/mol. The Hall–Kier alpha value is -3.17. The molecule has 0 aromatic heterocycles. The lowest BCUT2D eigenvalue weighted by molar-refractivity contribution is -0.143. The standard InChI is InChI=1S/C31H37BN2O6/c1-20(22-11-12-22)33(18-21-9-7-6-8-10-21)26(35)19-34-27(36)31(38-28(34)37)16-15-23-17-24(13-14-25(23)31)32-39-29(2,3)30(4,5)40-32/h6-10,13-14,17,20,22H,11-12,15-16,18-19H2,1-5H3/t20-,31?/m0/s1. The Kier molecular flexibility index (Phi) is 6.39. The van der Waals surface area contributed by atoms with Gasteiger partial charge in [-0.25, -0.2) is 9.69 Å². The normalized spacial score (nSPS) is 25.3. The van der Waals surface area contributed by atoms with Crippen molar-refractivity contribution in [2.24, 2.45) is 5.92 Å². The number of nitrogens with zero attached hydrogens (tertiary/aromatic N) is 2. The molecule has 3 fully saturated rings. The Balaban J connectivity index is 1.21. The van der Waals surface area contributed by atoms with Crippen LogP contribution in [0, 0.1) is 5.92 Å². The third-order valence-corrected chi connectivity index (χ3v) is 9.51. The van der Waals surface area contributed by atoms with Crippen LogP contribution in [0.4, 0.5) is 4.79 Å². The monoisotopic (exact) mass is 544 g/mol. The summed E-state index contributed by atoms with van der Waals surface area (Å²) in [4.78, 5) is 43.3. The number of hydrogen-bond acceptors (Lipinski definition) is 6. The maximum atomic E-state index is 13.8. The van der Waals surface area contributed by atoms with Gasteiger partial charge in [0.1, 0.15) is 6.54 Å². The summed E-state index contributed by atoms with van der Waals surface area (Å²) < 4.78 is 18.2. The van der Waals surface area contributed by atoms with Gasteiger partial charge in [-0.15, -0.1) is 0 Å². The molecule has 2 saturated heterocycles. The first-order chi connectivity index (χ1) is 18.9. The first kappa shape index (κ1) is 27.0. The van der Waals surface area contributed by atoms with E-state index in [4.69, 9.17) is 14.0 Å². The predicted molar refractivity (Wildman–Crippen MR) is 150 cm³/mol. The highest BCUT2D eigenvalue weighted by molar-refractivity contribution is 6.62. The van der Waals surface area contributed by atoms with Crippen LogP contribution in [0.1, 0.15) is 70.6 Å². The van der Waals surface area contributed by atoms with E-state index in [2.05, 4.69) is 6.92 Å². The van der Waals surface area contributed by atoms with E-state index in [9.17, 15) is 14.4 Å². The Morgan fingerprint density at radius 3 is 2.38 bits per heavy atom. The fourth-order valence-electron chi connectivity index (χ4n) is 6.10. The number of fused-ring (bicyclic) bond motifs is 2. The summed E-state index contributed by atoms with van der Waals surface area (Å²) in [5.41, 5.74) is 1.15. The van der Waals surface area contributed by atoms with E-state index in [1.165, 1.54) is 0 Å². The number of benzene rings is 2. The number of ether oxygens (including phenoxy) is 1. The van der Waals surface area contributed by atoms with Crippen LogP contribution in [0.2, 0.25) is 0 Å². The molecule has 210 valence electrons. The van der Waals surface area contributed by atoms with Gasteiger partial charge in [0, 0.05) is 24.6 Å². The fourth-order valence-corrected chi connectivity index (χ4v) is 6.10. The van der Waals surface area contributed by atoms with Crippen LogP contribution in [-0.2, 0) is 42.2 Å². The van der Waals surface area contributed by atoms with Gasteiger partial charge in [-0.1, -0.05) is 48.5 Å². The van der Waals surface area contributed by atoms with Gasteiger partial charge in [0.25, 0.3) is 5.91 Å². The molecule has 1 unspecified atom stereocenters. The highest BCUT2D eigenvalue weighted by Crippen LogP contribution is 2.45. The van der Waals surface area contributed by atoms with E-state index in [1.807, 2.05) is 76.2 Å². The number of carbonyl (C=O) groups excluding carboxylic acids is 3. The van der Waals surface area contributed by atoms with Crippen molar-refractivity contribution in [3.05, 3.63) is 65.2 Å². The van der Waals surface area contributed by atoms with Crippen LogP contribution in [0.15, 0.2) is 48.5 Å². The van der Waals surface area contributed by atoms with Crippen LogP contribution in [0.25, 0.3) is 0 Å². The molecule has 0 N–H and O–H groups in total. The molecule has 0 bridgehead atoms. The summed E-state index contributed by atoms with van der Waals surface area (Å²) in [6.07, 6.45) is 2.31. The summed E-state index contributed by atoms with van der Waals surface area (Å²) in [6.45, 7) is 10.2. The lowest BCUT2D eigenvalue weighted by Gasteiger charge is -2.32. The van der Waals surface area contributed by atoms with Gasteiger partial charge in [-0.2, -0.15) is 0 Å². The van der Waals surface area contributed by atoms with Crippen LogP contribution in [0.3, 0.4) is 0 Å². The maximum absolute atomic E-state index is 13.8. The summed E-state index contributed by atoms with van der Waals surface area (Å²) in [6, 6.07) is 15.5. The summed E-state index contributed by atoms with van der Waals surface area (Å²) in [5.74, 6) is -0.272. The van der Waals surface area contributed by atoms with Crippen molar-refractivity contribution in [3.63, 3.8) is 0 Å². The molecule has 2 aromatic rings. The van der Waals surface area contributed by atoms with E-state index in [-0.39, 0.29) is 18.5 Å². The molecule has 2 aliphatic heterocycles. The van der Waals surface area contributed by atoms with Gasteiger partial charge in [0.15, 0.2) is 0 Å². The van der Waals surface area contributed by atoms with E-state index in [0.717, 1.165) is 34.3 Å². The third kappa shape index (κ3) is 4.43. The van der Waals surface area contributed by atoms with Crippen LogP contribution >= 0.6 is 0 Å². The van der Waals surface area contributed by atoms with E-state index >= 15 is 0 Å². The molecule has 6 rings (SSSR count). The van der Waals surface area contributed by atoms with Crippen molar-refractivity contribution in [3.8, 4) is 0 Å². The molecule has 8 nitrogen and oxygen atoms in total. The smallest absolute Gasteiger partial charge is 0.427 e. The minimum atomic E-state index is -1.40. The van der Waals surface area contributed by atoms with Crippen LogP contribution in [0.5, 0.6) is 0 Å². The average Bonchev–Trinajstić information content (AvgIpc) is 3.62. The SMILES string of the molecule is C[C@@H](C1CC1)N(Cc1ccccc1)C(=O)CN1C(=O)OC2(CCc3cc(B4OC(C)(C)C(C)(C)O4)ccc32)C1=O. The van der Waals surface area contributed by atoms with Crippen LogP contribution in [-0.4, -0.2) is 58.6 Å². The molecule has 2 aromatic carbocycles. The number of carbonyl (C=O) groups is 3. The zero-order valence-corrected chi connectivity index (χ0v) is 23.9. The van der Waals surface area contributed by atoms with Gasteiger partial charge < -0.3 is 18.9 Å². The van der Waals surface area contributed by atoms with E-state index in [0.29, 0.717) is 30.9 Å². The first-order valence-corrected chi connectivity index (χ1v) is 14.3. The minimum Gasteiger partial charge on any atom is -0.427 e. The number of aryl methyl sites for hydroxylation is 1. The van der Waals surface area contributed by atoms with Gasteiger partial charge in [-0.3, -0.25) is 9.59 Å². The van der Waals surface area contributed by atoms with E-state index < -0.39 is 35.9 Å². The lowest BCUT2D eigenvalue weighted by atomic mass is 9.77. The average molecular weight is 544 g/mol. The molecule has 2 aliphatic carbocycles. The Morgan fingerprint density at radius 1 is 1.05 bits per heavy atom. The van der Waals surface area contributed by atoms with E-state index in [1.54, 1.807) is 4.90 Å². The van der Waals surface area contributed by atoms with Crippen LogP contribution < -0.4 is 5.46 Å². The molecule has 1 spiro atoms. The summed E-state index contributed by atoms with van der Waals surface area (Å²) >= 11 is 0. The highest BCUT2D eigenvalue weighted by atomic mass is 16.7. The second kappa shape index (κ2) is 9.45. The number of imide groups is 1. The molecular formula is C31H37BN2O6. The highest BCUT2D eigenvalue weighted by Gasteiger charge is 2.59. The Labute approximate surface area is 236 Å². The molecule has 0 radical (unpaired) electrons. The molecule has 3 amide bonds. The first-order valence-electron chi connectivity index (χ1n) is 14.3. The predicted octanol–water partition coefficient (Wildman–Crippen LogP) is 3.93. The van der Waals surface area contributed by atoms with Crippen molar-refractivity contribution >= 4 is 30.5 Å². The topological polar surface area (TPSA) is 85.4 Å². The van der Waals surface area contributed by atoms with Crippen molar-refractivity contribution in [2.45, 2.75) is 89.7 Å². The molecule has 1 saturated carbocycles. The zero-order valence-electron chi connectivity index (χ0n) is 23.9. The summed E-state index contributed by atoms with van der Waals surface area (Å²) in [7, 11) is -0.521.